The first-order valence-electron chi connectivity index (χ1n) is 8.46. The second-order valence-corrected chi connectivity index (χ2v) is 6.07. The van der Waals surface area contributed by atoms with Gasteiger partial charge in [0, 0.05) is 17.3 Å². The summed E-state index contributed by atoms with van der Waals surface area (Å²) in [7, 11) is 0. The Morgan fingerprint density at radius 2 is 1.23 bits per heavy atom. The van der Waals surface area contributed by atoms with Crippen LogP contribution in [-0.4, -0.2) is 4.98 Å². The molecule has 4 rings (SSSR count). The Labute approximate surface area is 153 Å². The average Bonchev–Trinajstić information content (AvgIpc) is 2.75. The normalized spacial score (nSPS) is 10.3. The zero-order valence-corrected chi connectivity index (χ0v) is 14.1. The van der Waals surface area contributed by atoms with E-state index < -0.39 is 0 Å². The number of nitrogens with zero attached hydrogens (tertiary/aromatic N) is 2. The highest BCUT2D eigenvalue weighted by atomic mass is 14.7. The third-order valence-corrected chi connectivity index (χ3v) is 4.38. The van der Waals surface area contributed by atoms with Gasteiger partial charge in [-0.15, -0.1) is 0 Å². The van der Waals surface area contributed by atoms with Crippen molar-refractivity contribution in [1.29, 1.82) is 5.26 Å². The molecular formula is C24H16N2. The first-order valence-corrected chi connectivity index (χ1v) is 8.46. The molecule has 0 N–H and O–H groups in total. The fourth-order valence-corrected chi connectivity index (χ4v) is 2.96. The van der Waals surface area contributed by atoms with Crippen LogP contribution in [0.5, 0.6) is 0 Å². The molecule has 3 aromatic carbocycles. The van der Waals surface area contributed by atoms with E-state index in [1.54, 1.807) is 0 Å². The van der Waals surface area contributed by atoms with Crippen LogP contribution in [-0.2, 0) is 0 Å². The van der Waals surface area contributed by atoms with Gasteiger partial charge in [0.15, 0.2) is 0 Å². The van der Waals surface area contributed by atoms with E-state index in [0.29, 0.717) is 5.56 Å². The van der Waals surface area contributed by atoms with Gasteiger partial charge in [-0.25, -0.2) is 0 Å². The van der Waals surface area contributed by atoms with Crippen molar-refractivity contribution in [3.05, 3.63) is 103 Å². The molecule has 4 aromatic rings. The molecule has 0 aliphatic rings. The molecule has 0 unspecified atom stereocenters. The first kappa shape index (κ1) is 15.8. The molecule has 0 aliphatic carbocycles. The van der Waals surface area contributed by atoms with Crippen LogP contribution in [0.1, 0.15) is 5.56 Å². The summed E-state index contributed by atoms with van der Waals surface area (Å²) in [6.45, 7) is 0. The summed E-state index contributed by atoms with van der Waals surface area (Å²) in [4.78, 5) is 4.64. The Kier molecular flexibility index (Phi) is 4.28. The van der Waals surface area contributed by atoms with Crippen LogP contribution in [0.15, 0.2) is 97.2 Å². The molecule has 2 heteroatoms. The number of hydrogen-bond acceptors (Lipinski definition) is 2. The van der Waals surface area contributed by atoms with Gasteiger partial charge in [0.1, 0.15) is 0 Å². The summed E-state index contributed by atoms with van der Waals surface area (Å²) >= 11 is 0. The fourth-order valence-electron chi connectivity index (χ4n) is 2.96. The first-order chi connectivity index (χ1) is 12.8. The maximum atomic E-state index is 8.94. The third kappa shape index (κ3) is 3.24. The van der Waals surface area contributed by atoms with Gasteiger partial charge in [0.25, 0.3) is 0 Å². The number of rotatable bonds is 3. The standard InChI is InChI=1S/C24H16N2/c25-16-18-9-11-20(12-10-18)21-7-4-8-22(15-21)24-14-13-23(17-26-24)19-5-2-1-3-6-19/h1-15,17H. The maximum Gasteiger partial charge on any atom is 0.0991 e. The van der Waals surface area contributed by atoms with E-state index in [1.165, 1.54) is 0 Å². The minimum Gasteiger partial charge on any atom is -0.256 e. The van der Waals surface area contributed by atoms with Gasteiger partial charge in [-0.2, -0.15) is 5.26 Å². The van der Waals surface area contributed by atoms with Gasteiger partial charge < -0.3 is 0 Å². The molecule has 0 radical (unpaired) electrons. The Bertz CT molecular complexity index is 1060. The van der Waals surface area contributed by atoms with Crippen molar-refractivity contribution in [1.82, 2.24) is 4.98 Å². The molecule has 0 aliphatic heterocycles. The minimum absolute atomic E-state index is 0.670. The van der Waals surface area contributed by atoms with Crippen molar-refractivity contribution in [2.24, 2.45) is 0 Å². The largest absolute Gasteiger partial charge is 0.256 e. The molecule has 0 fully saturated rings. The summed E-state index contributed by atoms with van der Waals surface area (Å²) in [6, 6.07) is 32.5. The minimum atomic E-state index is 0.670. The van der Waals surface area contributed by atoms with E-state index >= 15 is 0 Å². The Hall–Kier alpha value is -3.70. The lowest BCUT2D eigenvalue weighted by atomic mass is 10.00. The summed E-state index contributed by atoms with van der Waals surface area (Å²) in [5, 5.41) is 8.94. The third-order valence-electron chi connectivity index (χ3n) is 4.38. The van der Waals surface area contributed by atoms with Gasteiger partial charge >= 0.3 is 0 Å². The molecule has 26 heavy (non-hydrogen) atoms. The summed E-state index contributed by atoms with van der Waals surface area (Å²) in [5.74, 6) is 0. The van der Waals surface area contributed by atoms with E-state index in [4.69, 9.17) is 5.26 Å². The molecule has 0 bridgehead atoms. The van der Waals surface area contributed by atoms with E-state index in [1.807, 2.05) is 54.7 Å². The van der Waals surface area contributed by atoms with Gasteiger partial charge in [0.05, 0.1) is 17.3 Å². The quantitative estimate of drug-likeness (QED) is 0.464. The van der Waals surface area contributed by atoms with E-state index in [-0.39, 0.29) is 0 Å². The highest BCUT2D eigenvalue weighted by Crippen LogP contribution is 2.27. The molecule has 2 nitrogen and oxygen atoms in total. The predicted molar refractivity (Wildman–Crippen MR) is 105 cm³/mol. The van der Waals surface area contributed by atoms with Crippen LogP contribution in [0, 0.1) is 11.3 Å². The van der Waals surface area contributed by atoms with Crippen molar-refractivity contribution in [2.45, 2.75) is 0 Å². The SMILES string of the molecule is N#Cc1ccc(-c2cccc(-c3ccc(-c4ccccc4)cn3)c2)cc1. The van der Waals surface area contributed by atoms with Crippen molar-refractivity contribution < 1.29 is 0 Å². The molecule has 0 spiro atoms. The van der Waals surface area contributed by atoms with Crippen LogP contribution >= 0.6 is 0 Å². The fraction of sp³-hybridized carbons (Fsp3) is 0. The summed E-state index contributed by atoms with van der Waals surface area (Å²) in [5.41, 5.74) is 7.16. The molecule has 122 valence electrons. The zero-order chi connectivity index (χ0) is 17.8. The molecule has 0 saturated heterocycles. The molecule has 0 atom stereocenters. The summed E-state index contributed by atoms with van der Waals surface area (Å²) in [6.07, 6.45) is 1.92. The molecule has 1 heterocycles. The smallest absolute Gasteiger partial charge is 0.0991 e. The Balaban J connectivity index is 1.65. The lowest BCUT2D eigenvalue weighted by Gasteiger charge is -2.07. The Morgan fingerprint density at radius 3 is 1.92 bits per heavy atom. The zero-order valence-electron chi connectivity index (χ0n) is 14.1. The van der Waals surface area contributed by atoms with Crippen LogP contribution < -0.4 is 0 Å². The van der Waals surface area contributed by atoms with Crippen molar-refractivity contribution in [3.63, 3.8) is 0 Å². The maximum absolute atomic E-state index is 8.94. The number of hydrogen-bond donors (Lipinski definition) is 0. The van der Waals surface area contributed by atoms with Gasteiger partial charge in [0.2, 0.25) is 0 Å². The van der Waals surface area contributed by atoms with Gasteiger partial charge in [-0.05, 0) is 41.0 Å². The van der Waals surface area contributed by atoms with Crippen LogP contribution in [0.2, 0.25) is 0 Å². The molecular weight excluding hydrogens is 316 g/mol. The molecule has 0 amide bonds. The average molecular weight is 332 g/mol. The van der Waals surface area contributed by atoms with Crippen molar-refractivity contribution >= 4 is 0 Å². The number of aromatic nitrogens is 1. The van der Waals surface area contributed by atoms with Crippen LogP contribution in [0.4, 0.5) is 0 Å². The van der Waals surface area contributed by atoms with Gasteiger partial charge in [-0.1, -0.05) is 66.7 Å². The van der Waals surface area contributed by atoms with Gasteiger partial charge in [-0.3, -0.25) is 4.98 Å². The van der Waals surface area contributed by atoms with Crippen molar-refractivity contribution in [3.8, 4) is 39.6 Å². The van der Waals surface area contributed by atoms with Crippen LogP contribution in [0.3, 0.4) is 0 Å². The van der Waals surface area contributed by atoms with E-state index in [9.17, 15) is 0 Å². The molecule has 1 aromatic heterocycles. The predicted octanol–water partition coefficient (Wildman–Crippen LogP) is 5.95. The lowest BCUT2D eigenvalue weighted by molar-refractivity contribution is 1.32. The number of benzene rings is 3. The number of pyridine rings is 1. The highest BCUT2D eigenvalue weighted by molar-refractivity contribution is 5.73. The lowest BCUT2D eigenvalue weighted by Crippen LogP contribution is -1.86. The monoisotopic (exact) mass is 332 g/mol. The van der Waals surface area contributed by atoms with E-state index in [2.05, 4.69) is 53.5 Å². The summed E-state index contributed by atoms with van der Waals surface area (Å²) < 4.78 is 0. The molecule has 0 saturated carbocycles. The topological polar surface area (TPSA) is 36.7 Å². The van der Waals surface area contributed by atoms with Crippen LogP contribution in [0.25, 0.3) is 33.5 Å². The second kappa shape index (κ2) is 7.04. The van der Waals surface area contributed by atoms with Crippen molar-refractivity contribution in [2.75, 3.05) is 0 Å². The Morgan fingerprint density at radius 1 is 0.577 bits per heavy atom. The number of nitriles is 1. The second-order valence-electron chi connectivity index (χ2n) is 6.07. The van der Waals surface area contributed by atoms with E-state index in [0.717, 1.165) is 33.5 Å². The highest BCUT2D eigenvalue weighted by Gasteiger charge is 2.04.